The number of carbonyl (C=O) groups excluding carboxylic acids is 3. The van der Waals surface area contributed by atoms with E-state index in [4.69, 9.17) is 5.73 Å². The highest BCUT2D eigenvalue weighted by molar-refractivity contribution is 5.98. The molecule has 0 aliphatic heterocycles. The Hall–Kier alpha value is -3.49. The fourth-order valence-electron chi connectivity index (χ4n) is 5.99. The van der Waals surface area contributed by atoms with Crippen LogP contribution < -0.4 is 11.1 Å². The predicted molar refractivity (Wildman–Crippen MR) is 184 cm³/mol. The summed E-state index contributed by atoms with van der Waals surface area (Å²) in [6.45, 7) is 4.77. The molecule has 0 radical (unpaired) electrons. The first-order valence-electron chi connectivity index (χ1n) is 17.7. The summed E-state index contributed by atoms with van der Waals surface area (Å²) in [6, 6.07) is 9.58. The van der Waals surface area contributed by atoms with Crippen LogP contribution in [0.2, 0.25) is 0 Å². The van der Waals surface area contributed by atoms with Crippen molar-refractivity contribution in [2.45, 2.75) is 148 Å². The van der Waals surface area contributed by atoms with Gasteiger partial charge in [-0.25, -0.2) is 4.98 Å². The molecule has 2 atom stereocenters. The molecule has 9 nitrogen and oxygen atoms in total. The van der Waals surface area contributed by atoms with Crippen molar-refractivity contribution in [3.8, 4) is 0 Å². The Morgan fingerprint density at radius 2 is 1.39 bits per heavy atom. The van der Waals surface area contributed by atoms with Crippen LogP contribution in [-0.4, -0.2) is 57.3 Å². The normalized spacial score (nSPS) is 12.5. The molecular formula is C37H58N4O5. The van der Waals surface area contributed by atoms with Crippen LogP contribution in [0, 0.1) is 0 Å². The fourth-order valence-corrected chi connectivity index (χ4v) is 5.99. The highest BCUT2D eigenvalue weighted by Crippen LogP contribution is 2.20. The maximum atomic E-state index is 14.2. The number of rotatable bonds is 26. The van der Waals surface area contributed by atoms with E-state index >= 15 is 0 Å². The Labute approximate surface area is 276 Å². The van der Waals surface area contributed by atoms with E-state index in [1.54, 1.807) is 11.0 Å². The molecule has 46 heavy (non-hydrogen) atoms. The molecule has 1 heterocycles. The number of amides is 3. The van der Waals surface area contributed by atoms with Gasteiger partial charge in [0.1, 0.15) is 11.7 Å². The van der Waals surface area contributed by atoms with E-state index in [1.165, 1.54) is 51.4 Å². The second-order valence-electron chi connectivity index (χ2n) is 12.6. The van der Waals surface area contributed by atoms with Gasteiger partial charge in [0.25, 0.3) is 5.91 Å². The minimum absolute atomic E-state index is 0.0532. The number of fused-ring (bicyclic) bond motifs is 1. The molecule has 0 fully saturated rings. The van der Waals surface area contributed by atoms with Crippen molar-refractivity contribution in [3.05, 3.63) is 42.1 Å². The number of pyridine rings is 1. The van der Waals surface area contributed by atoms with Gasteiger partial charge in [0.05, 0.1) is 5.52 Å². The maximum Gasteiger partial charge on any atom is 0.303 e. The third-order valence-electron chi connectivity index (χ3n) is 8.62. The first kappa shape index (κ1) is 38.7. The van der Waals surface area contributed by atoms with Crippen molar-refractivity contribution >= 4 is 34.6 Å². The Morgan fingerprint density at radius 1 is 0.783 bits per heavy atom. The molecule has 9 heteroatoms. The van der Waals surface area contributed by atoms with E-state index in [0.717, 1.165) is 43.9 Å². The smallest absolute Gasteiger partial charge is 0.303 e. The van der Waals surface area contributed by atoms with Crippen molar-refractivity contribution in [2.24, 2.45) is 5.73 Å². The number of benzene rings is 1. The molecule has 0 bridgehead atoms. The number of para-hydroxylation sites is 1. The van der Waals surface area contributed by atoms with Crippen molar-refractivity contribution < 1.29 is 24.3 Å². The van der Waals surface area contributed by atoms with E-state index in [0.29, 0.717) is 18.5 Å². The van der Waals surface area contributed by atoms with Gasteiger partial charge in [-0.05, 0) is 37.8 Å². The number of nitrogens with one attached hydrogen (secondary N) is 1. The van der Waals surface area contributed by atoms with Crippen molar-refractivity contribution in [1.29, 1.82) is 0 Å². The zero-order valence-corrected chi connectivity index (χ0v) is 28.3. The predicted octanol–water partition coefficient (Wildman–Crippen LogP) is 7.55. The van der Waals surface area contributed by atoms with Crippen LogP contribution >= 0.6 is 0 Å². The molecule has 0 aliphatic carbocycles. The first-order valence-corrected chi connectivity index (χ1v) is 17.7. The monoisotopic (exact) mass is 638 g/mol. The number of nitrogens with zero attached hydrogens (tertiary/aromatic N) is 2. The van der Waals surface area contributed by atoms with Crippen LogP contribution in [-0.2, 0) is 14.4 Å². The number of carbonyl (C=O) groups is 4. The minimum Gasteiger partial charge on any atom is -0.481 e. The first-order chi connectivity index (χ1) is 22.3. The van der Waals surface area contributed by atoms with Gasteiger partial charge in [0, 0.05) is 30.8 Å². The quantitative estimate of drug-likeness (QED) is 0.0908. The number of hydrogen-bond donors (Lipinski definition) is 3. The Morgan fingerprint density at radius 3 is 2.02 bits per heavy atom. The van der Waals surface area contributed by atoms with E-state index < -0.39 is 23.8 Å². The van der Waals surface area contributed by atoms with E-state index in [9.17, 15) is 24.3 Å². The van der Waals surface area contributed by atoms with Gasteiger partial charge in [-0.3, -0.25) is 19.2 Å². The summed E-state index contributed by atoms with van der Waals surface area (Å²) in [5.74, 6) is -2.22. The molecule has 3 amide bonds. The molecular weight excluding hydrogens is 580 g/mol. The Bertz CT molecular complexity index is 1200. The lowest BCUT2D eigenvalue weighted by Gasteiger charge is -2.34. The van der Waals surface area contributed by atoms with Crippen LogP contribution in [0.5, 0.6) is 0 Å². The summed E-state index contributed by atoms with van der Waals surface area (Å²) in [6.07, 6.45) is 16.9. The molecule has 2 aromatic rings. The zero-order valence-electron chi connectivity index (χ0n) is 28.3. The molecule has 4 N–H and O–H groups in total. The number of aromatic nitrogens is 1. The van der Waals surface area contributed by atoms with Crippen LogP contribution in [0.1, 0.15) is 146 Å². The van der Waals surface area contributed by atoms with Crippen molar-refractivity contribution in [1.82, 2.24) is 15.2 Å². The summed E-state index contributed by atoms with van der Waals surface area (Å²) in [5.41, 5.74) is 6.53. The van der Waals surface area contributed by atoms with E-state index in [1.807, 2.05) is 30.3 Å². The lowest BCUT2D eigenvalue weighted by atomic mass is 9.99. The number of carboxylic acid groups (broad SMARTS) is 1. The average Bonchev–Trinajstić information content (AvgIpc) is 3.03. The van der Waals surface area contributed by atoms with Crippen LogP contribution in [0.3, 0.4) is 0 Å². The number of primary amides is 1. The molecule has 2 rings (SSSR count). The SMILES string of the molecule is CCCCCCCCCCCCC[C@@H](CC(N)=O)N(CCCCC)C(=O)[C@H](CCCC(=O)O)NC(=O)c1ccc2ccccc2n1. The summed E-state index contributed by atoms with van der Waals surface area (Å²) in [4.78, 5) is 57.3. The highest BCUT2D eigenvalue weighted by Gasteiger charge is 2.31. The molecule has 0 saturated carbocycles. The van der Waals surface area contributed by atoms with Gasteiger partial charge in [-0.2, -0.15) is 0 Å². The number of hydrogen-bond acceptors (Lipinski definition) is 5. The lowest BCUT2D eigenvalue weighted by molar-refractivity contribution is -0.139. The number of carboxylic acids is 1. The molecule has 0 aliphatic rings. The van der Waals surface area contributed by atoms with E-state index in [-0.39, 0.29) is 43.3 Å². The van der Waals surface area contributed by atoms with Crippen molar-refractivity contribution in [2.75, 3.05) is 6.54 Å². The second kappa shape index (κ2) is 22.9. The topological polar surface area (TPSA) is 143 Å². The third kappa shape index (κ3) is 15.2. The molecule has 1 aromatic carbocycles. The molecule has 0 saturated heterocycles. The summed E-state index contributed by atoms with van der Waals surface area (Å²) in [5, 5.41) is 13.0. The minimum atomic E-state index is -0.961. The van der Waals surface area contributed by atoms with Gasteiger partial charge in [0.15, 0.2) is 0 Å². The lowest BCUT2D eigenvalue weighted by Crippen LogP contribution is -2.53. The average molecular weight is 639 g/mol. The van der Waals surface area contributed by atoms with Gasteiger partial charge >= 0.3 is 5.97 Å². The summed E-state index contributed by atoms with van der Waals surface area (Å²) >= 11 is 0. The van der Waals surface area contributed by atoms with Crippen LogP contribution in [0.15, 0.2) is 36.4 Å². The van der Waals surface area contributed by atoms with Crippen LogP contribution in [0.4, 0.5) is 0 Å². The number of aliphatic carboxylic acids is 1. The van der Waals surface area contributed by atoms with E-state index in [2.05, 4.69) is 24.1 Å². The summed E-state index contributed by atoms with van der Waals surface area (Å²) < 4.78 is 0. The number of unbranched alkanes of at least 4 members (excludes halogenated alkanes) is 12. The van der Waals surface area contributed by atoms with Crippen LogP contribution in [0.25, 0.3) is 10.9 Å². The highest BCUT2D eigenvalue weighted by atomic mass is 16.4. The molecule has 0 unspecified atom stereocenters. The molecule has 256 valence electrons. The maximum absolute atomic E-state index is 14.2. The van der Waals surface area contributed by atoms with Gasteiger partial charge < -0.3 is 21.1 Å². The summed E-state index contributed by atoms with van der Waals surface area (Å²) in [7, 11) is 0. The molecule has 0 spiro atoms. The van der Waals surface area contributed by atoms with Gasteiger partial charge in [0.2, 0.25) is 11.8 Å². The Kier molecular flexibility index (Phi) is 19.3. The third-order valence-corrected chi connectivity index (χ3v) is 8.62. The van der Waals surface area contributed by atoms with Gasteiger partial charge in [-0.15, -0.1) is 0 Å². The van der Waals surface area contributed by atoms with Gasteiger partial charge in [-0.1, -0.05) is 122 Å². The van der Waals surface area contributed by atoms with Crippen molar-refractivity contribution in [3.63, 3.8) is 0 Å². The largest absolute Gasteiger partial charge is 0.481 e. The second-order valence-corrected chi connectivity index (χ2v) is 12.6. The fraction of sp³-hybridized carbons (Fsp3) is 0.649. The zero-order chi connectivity index (χ0) is 33.6. The standard InChI is InChI=1S/C37H58N4O5/c1-3-5-7-8-9-10-11-12-13-14-15-21-30(28-34(38)42)41(27-18-6-4-2)37(46)33(23-19-24-35(43)44)40-36(45)32-26-25-29-20-16-17-22-31(29)39-32/h16-17,20,22,25-26,30,33H,3-15,18-19,21,23-24,27-28H2,1-2H3,(H2,38,42)(H,40,45)(H,43,44)/t30-,33-/m0/s1. The molecule has 1 aromatic heterocycles. The Balaban J connectivity index is 2.13. The number of nitrogens with two attached hydrogens (primary N) is 1.